The van der Waals surface area contributed by atoms with Crippen molar-refractivity contribution in [2.45, 2.75) is 20.3 Å². The van der Waals surface area contributed by atoms with Crippen LogP contribution in [-0.4, -0.2) is 38.7 Å². The number of halogens is 1. The summed E-state index contributed by atoms with van der Waals surface area (Å²) in [6, 6.07) is 5.12. The highest BCUT2D eigenvalue weighted by Gasteiger charge is 2.17. The first kappa shape index (κ1) is 15.9. The topological polar surface area (TPSA) is 38.5 Å². The van der Waals surface area contributed by atoms with Gasteiger partial charge in [0.2, 0.25) is 0 Å². The smallest absolute Gasteiger partial charge is 0.165 e. The Morgan fingerprint density at radius 1 is 1.37 bits per heavy atom. The van der Waals surface area contributed by atoms with Gasteiger partial charge in [0.15, 0.2) is 11.6 Å². The Kier molecular flexibility index (Phi) is 5.76. The molecule has 4 heteroatoms. The molecule has 19 heavy (non-hydrogen) atoms. The molecule has 0 heterocycles. The average Bonchev–Trinajstić information content (AvgIpc) is 2.36. The third-order valence-corrected chi connectivity index (χ3v) is 3.25. The predicted octanol–water partition coefficient (Wildman–Crippen LogP) is 2.29. The Hall–Kier alpha value is -1.13. The van der Waals surface area contributed by atoms with E-state index in [9.17, 15) is 4.39 Å². The van der Waals surface area contributed by atoms with E-state index < -0.39 is 0 Å². The zero-order chi connectivity index (χ0) is 14.5. The minimum atomic E-state index is -0.301. The van der Waals surface area contributed by atoms with E-state index in [0.29, 0.717) is 12.3 Å². The molecule has 0 fully saturated rings. The molecule has 0 atom stereocenters. The first-order chi connectivity index (χ1) is 8.88. The molecule has 0 amide bonds. The summed E-state index contributed by atoms with van der Waals surface area (Å²) >= 11 is 0. The maximum Gasteiger partial charge on any atom is 0.165 e. The van der Waals surface area contributed by atoms with Crippen molar-refractivity contribution < 1.29 is 9.13 Å². The van der Waals surface area contributed by atoms with Crippen molar-refractivity contribution >= 4 is 0 Å². The maximum absolute atomic E-state index is 13.5. The van der Waals surface area contributed by atoms with Gasteiger partial charge in [-0.25, -0.2) is 4.39 Å². The second-order valence-electron chi connectivity index (χ2n) is 5.83. The average molecular weight is 268 g/mol. The van der Waals surface area contributed by atoms with Gasteiger partial charge in [-0.1, -0.05) is 19.9 Å². The van der Waals surface area contributed by atoms with Crippen molar-refractivity contribution in [3.8, 4) is 5.75 Å². The van der Waals surface area contributed by atoms with Crippen LogP contribution < -0.4 is 10.5 Å². The molecule has 0 saturated carbocycles. The fraction of sp³-hybridized carbons (Fsp3) is 0.600. The molecule has 0 spiro atoms. The molecule has 1 rings (SSSR count). The van der Waals surface area contributed by atoms with Crippen molar-refractivity contribution in [3.63, 3.8) is 0 Å². The van der Waals surface area contributed by atoms with Gasteiger partial charge in [0, 0.05) is 13.1 Å². The molecule has 0 aliphatic heterocycles. The molecular weight excluding hydrogens is 243 g/mol. The van der Waals surface area contributed by atoms with E-state index in [-0.39, 0.29) is 11.2 Å². The molecule has 0 aliphatic rings. The Labute approximate surface area is 115 Å². The molecule has 0 saturated heterocycles. The van der Waals surface area contributed by atoms with Gasteiger partial charge < -0.3 is 15.4 Å². The van der Waals surface area contributed by atoms with Crippen LogP contribution in [0.1, 0.15) is 19.4 Å². The normalized spacial score (nSPS) is 11.9. The summed E-state index contributed by atoms with van der Waals surface area (Å²) in [6.45, 7) is 6.78. The van der Waals surface area contributed by atoms with E-state index in [0.717, 1.165) is 25.1 Å². The summed E-state index contributed by atoms with van der Waals surface area (Å²) in [6.07, 6.45) is 0.818. The van der Waals surface area contributed by atoms with Crippen LogP contribution in [0.3, 0.4) is 0 Å². The quantitative estimate of drug-likeness (QED) is 0.824. The van der Waals surface area contributed by atoms with Gasteiger partial charge in [0.1, 0.15) is 0 Å². The van der Waals surface area contributed by atoms with Crippen molar-refractivity contribution in [2.24, 2.45) is 11.1 Å². The van der Waals surface area contributed by atoms with Gasteiger partial charge in [0.25, 0.3) is 0 Å². The van der Waals surface area contributed by atoms with E-state index in [1.165, 1.54) is 7.11 Å². The number of benzene rings is 1. The van der Waals surface area contributed by atoms with E-state index in [1.807, 2.05) is 6.07 Å². The molecule has 0 unspecified atom stereocenters. The minimum absolute atomic E-state index is 0.111. The molecule has 0 bridgehead atoms. The maximum atomic E-state index is 13.5. The van der Waals surface area contributed by atoms with E-state index >= 15 is 0 Å². The largest absolute Gasteiger partial charge is 0.494 e. The van der Waals surface area contributed by atoms with E-state index in [2.05, 4.69) is 25.8 Å². The zero-order valence-electron chi connectivity index (χ0n) is 12.4. The minimum Gasteiger partial charge on any atom is -0.494 e. The van der Waals surface area contributed by atoms with Crippen LogP contribution in [0.4, 0.5) is 4.39 Å². The zero-order valence-corrected chi connectivity index (χ0v) is 12.4. The highest BCUT2D eigenvalue weighted by molar-refractivity contribution is 5.29. The predicted molar refractivity (Wildman–Crippen MR) is 77.0 cm³/mol. The molecule has 0 aliphatic carbocycles. The van der Waals surface area contributed by atoms with Crippen LogP contribution in [0, 0.1) is 11.2 Å². The lowest BCUT2D eigenvalue weighted by molar-refractivity contribution is 0.217. The third-order valence-electron chi connectivity index (χ3n) is 3.25. The summed E-state index contributed by atoms with van der Waals surface area (Å²) in [4.78, 5) is 2.23. The van der Waals surface area contributed by atoms with E-state index in [4.69, 9.17) is 10.5 Å². The fourth-order valence-electron chi connectivity index (χ4n) is 2.06. The molecule has 0 radical (unpaired) electrons. The third kappa shape index (κ3) is 5.17. The molecule has 1 aromatic carbocycles. The Morgan fingerprint density at radius 3 is 2.58 bits per heavy atom. The van der Waals surface area contributed by atoms with Gasteiger partial charge in [-0.2, -0.15) is 0 Å². The number of methoxy groups -OCH3 is 1. The van der Waals surface area contributed by atoms with Crippen molar-refractivity contribution in [3.05, 3.63) is 29.6 Å². The van der Waals surface area contributed by atoms with E-state index in [1.54, 1.807) is 12.1 Å². The first-order valence-corrected chi connectivity index (χ1v) is 6.59. The van der Waals surface area contributed by atoms with Crippen LogP contribution in [-0.2, 0) is 6.42 Å². The number of nitrogens with two attached hydrogens (primary N) is 1. The van der Waals surface area contributed by atoms with Gasteiger partial charge >= 0.3 is 0 Å². The van der Waals surface area contributed by atoms with Crippen LogP contribution in [0.25, 0.3) is 0 Å². The molecular formula is C15H25FN2O. The Balaban J connectivity index is 2.50. The molecule has 0 aromatic heterocycles. The summed E-state index contributed by atoms with van der Waals surface area (Å²) in [7, 11) is 3.54. The summed E-state index contributed by atoms with van der Waals surface area (Å²) in [5, 5.41) is 0. The molecule has 108 valence electrons. The SMILES string of the molecule is COc1ccc(CCN(C)CC(C)(C)CN)cc1F. The van der Waals surface area contributed by atoms with Crippen molar-refractivity contribution in [1.29, 1.82) is 0 Å². The highest BCUT2D eigenvalue weighted by Crippen LogP contribution is 2.18. The Bertz CT molecular complexity index is 407. The van der Waals surface area contributed by atoms with Crippen molar-refractivity contribution in [2.75, 3.05) is 33.8 Å². The number of likely N-dealkylation sites (N-methyl/N-ethyl adjacent to an activating group) is 1. The van der Waals surface area contributed by atoms with Crippen LogP contribution in [0.5, 0.6) is 5.75 Å². The number of rotatable bonds is 7. The molecule has 1 aromatic rings. The van der Waals surface area contributed by atoms with Crippen LogP contribution >= 0.6 is 0 Å². The lowest BCUT2D eigenvalue weighted by atomic mass is 9.93. The summed E-state index contributed by atoms with van der Waals surface area (Å²) in [5.41, 5.74) is 6.82. The monoisotopic (exact) mass is 268 g/mol. The molecule has 2 N–H and O–H groups in total. The number of hydrogen-bond acceptors (Lipinski definition) is 3. The second kappa shape index (κ2) is 6.87. The highest BCUT2D eigenvalue weighted by atomic mass is 19.1. The standard InChI is InChI=1S/C15H25FN2O/c1-15(2,10-17)11-18(3)8-7-12-5-6-14(19-4)13(16)9-12/h5-6,9H,7-8,10-11,17H2,1-4H3. The number of nitrogens with zero attached hydrogens (tertiary/aromatic N) is 1. The fourth-order valence-corrected chi connectivity index (χ4v) is 2.06. The van der Waals surface area contributed by atoms with Crippen LogP contribution in [0.15, 0.2) is 18.2 Å². The van der Waals surface area contributed by atoms with Gasteiger partial charge in [-0.15, -0.1) is 0 Å². The summed E-state index contributed by atoms with van der Waals surface area (Å²) < 4.78 is 18.5. The van der Waals surface area contributed by atoms with Gasteiger partial charge in [-0.05, 0) is 43.1 Å². The number of hydrogen-bond donors (Lipinski definition) is 1. The number of ether oxygens (including phenoxy) is 1. The van der Waals surface area contributed by atoms with Crippen LogP contribution in [0.2, 0.25) is 0 Å². The summed E-state index contributed by atoms with van der Waals surface area (Å²) in [5.74, 6) is -0.00805. The lowest BCUT2D eigenvalue weighted by Crippen LogP contribution is -2.37. The Morgan fingerprint density at radius 2 is 2.05 bits per heavy atom. The van der Waals surface area contributed by atoms with Gasteiger partial charge in [0.05, 0.1) is 7.11 Å². The van der Waals surface area contributed by atoms with Crippen molar-refractivity contribution in [1.82, 2.24) is 4.90 Å². The first-order valence-electron chi connectivity index (χ1n) is 6.59. The van der Waals surface area contributed by atoms with Gasteiger partial charge in [-0.3, -0.25) is 0 Å². The second-order valence-corrected chi connectivity index (χ2v) is 5.83. The lowest BCUT2D eigenvalue weighted by Gasteiger charge is -2.29. The molecule has 3 nitrogen and oxygen atoms in total.